The topological polar surface area (TPSA) is 44.8 Å². The summed E-state index contributed by atoms with van der Waals surface area (Å²) in [6.45, 7) is 0.521. The monoisotopic (exact) mass is 298 g/mol. The van der Waals surface area contributed by atoms with Gasteiger partial charge in [-0.25, -0.2) is 0 Å². The van der Waals surface area contributed by atoms with E-state index >= 15 is 0 Å². The van der Waals surface area contributed by atoms with Gasteiger partial charge in [0.2, 0.25) is 6.29 Å². The molecule has 2 aromatic carbocycles. The van der Waals surface area contributed by atoms with Gasteiger partial charge in [-0.1, -0.05) is 30.3 Å². The van der Waals surface area contributed by atoms with Crippen molar-refractivity contribution in [3.05, 3.63) is 60.2 Å². The summed E-state index contributed by atoms with van der Waals surface area (Å²) in [7, 11) is 0. The zero-order valence-electron chi connectivity index (χ0n) is 12.2. The molecule has 1 aliphatic rings. The standard InChI is InChI=1S/C18H18O4/c19-17-9-10-18(22-17)20-12-11-14-5-4-8-16(13-14)21-15-6-2-1-3-7-15/h1-8,13,18H,9-12H2. The van der Waals surface area contributed by atoms with Gasteiger partial charge in [0, 0.05) is 6.42 Å². The molecule has 1 unspecified atom stereocenters. The van der Waals surface area contributed by atoms with Crippen LogP contribution in [0.15, 0.2) is 54.6 Å². The molecule has 0 saturated carbocycles. The zero-order chi connectivity index (χ0) is 15.2. The first kappa shape index (κ1) is 14.6. The lowest BCUT2D eigenvalue weighted by Gasteiger charge is -2.11. The number of benzene rings is 2. The van der Waals surface area contributed by atoms with Crippen LogP contribution in [0, 0.1) is 0 Å². The molecule has 1 aliphatic heterocycles. The number of ether oxygens (including phenoxy) is 3. The van der Waals surface area contributed by atoms with Crippen molar-refractivity contribution in [3.63, 3.8) is 0 Å². The second-order valence-electron chi connectivity index (χ2n) is 5.14. The van der Waals surface area contributed by atoms with Crippen LogP contribution in [0.3, 0.4) is 0 Å². The van der Waals surface area contributed by atoms with E-state index in [9.17, 15) is 4.79 Å². The second-order valence-corrected chi connectivity index (χ2v) is 5.14. The van der Waals surface area contributed by atoms with Gasteiger partial charge in [0.15, 0.2) is 0 Å². The number of carbonyl (C=O) groups is 1. The van der Waals surface area contributed by atoms with Gasteiger partial charge in [-0.15, -0.1) is 0 Å². The number of hydrogen-bond acceptors (Lipinski definition) is 4. The van der Waals surface area contributed by atoms with E-state index in [-0.39, 0.29) is 12.3 Å². The zero-order valence-corrected chi connectivity index (χ0v) is 12.2. The van der Waals surface area contributed by atoms with Crippen LogP contribution < -0.4 is 4.74 Å². The van der Waals surface area contributed by atoms with Crippen LogP contribution in [0.25, 0.3) is 0 Å². The maximum absolute atomic E-state index is 11.0. The van der Waals surface area contributed by atoms with Crippen molar-refractivity contribution in [2.75, 3.05) is 6.61 Å². The third-order valence-corrected chi connectivity index (χ3v) is 3.42. The molecule has 0 radical (unpaired) electrons. The van der Waals surface area contributed by atoms with Crippen molar-refractivity contribution in [3.8, 4) is 11.5 Å². The van der Waals surface area contributed by atoms with E-state index in [4.69, 9.17) is 14.2 Å². The Kier molecular flexibility index (Phi) is 4.71. The van der Waals surface area contributed by atoms with E-state index in [0.717, 1.165) is 23.5 Å². The largest absolute Gasteiger partial charge is 0.457 e. The maximum Gasteiger partial charge on any atom is 0.308 e. The molecule has 22 heavy (non-hydrogen) atoms. The van der Waals surface area contributed by atoms with Crippen molar-refractivity contribution in [2.45, 2.75) is 25.6 Å². The van der Waals surface area contributed by atoms with Gasteiger partial charge in [-0.3, -0.25) is 4.79 Å². The Labute approximate surface area is 129 Å². The van der Waals surface area contributed by atoms with E-state index in [1.165, 1.54) is 0 Å². The highest BCUT2D eigenvalue weighted by Crippen LogP contribution is 2.22. The molecule has 0 bridgehead atoms. The first-order valence-electron chi connectivity index (χ1n) is 7.42. The summed E-state index contributed by atoms with van der Waals surface area (Å²) in [5.41, 5.74) is 1.12. The third-order valence-electron chi connectivity index (χ3n) is 3.42. The Morgan fingerprint density at radius 3 is 2.64 bits per heavy atom. The molecule has 1 saturated heterocycles. The molecular formula is C18H18O4. The summed E-state index contributed by atoms with van der Waals surface area (Å²) >= 11 is 0. The lowest BCUT2D eigenvalue weighted by molar-refractivity contribution is -0.162. The number of esters is 1. The second kappa shape index (κ2) is 7.09. The molecule has 2 aromatic rings. The molecule has 4 heteroatoms. The van der Waals surface area contributed by atoms with Gasteiger partial charge in [0.1, 0.15) is 11.5 Å². The average Bonchev–Trinajstić information content (AvgIpc) is 2.94. The average molecular weight is 298 g/mol. The normalized spacial score (nSPS) is 17.3. The summed E-state index contributed by atoms with van der Waals surface area (Å²) in [6, 6.07) is 17.6. The molecule has 114 valence electrons. The Morgan fingerprint density at radius 1 is 1.05 bits per heavy atom. The van der Waals surface area contributed by atoms with Crippen LogP contribution in [0.5, 0.6) is 11.5 Å². The number of cyclic esters (lactones) is 1. The van der Waals surface area contributed by atoms with Crippen molar-refractivity contribution in [1.82, 2.24) is 0 Å². The van der Waals surface area contributed by atoms with Crippen LogP contribution in [0.4, 0.5) is 0 Å². The summed E-state index contributed by atoms with van der Waals surface area (Å²) in [4.78, 5) is 11.0. The van der Waals surface area contributed by atoms with Crippen molar-refractivity contribution >= 4 is 5.97 Å². The molecule has 0 amide bonds. The van der Waals surface area contributed by atoms with Gasteiger partial charge in [0.25, 0.3) is 0 Å². The van der Waals surface area contributed by atoms with Gasteiger partial charge in [-0.05, 0) is 36.2 Å². The summed E-state index contributed by atoms with van der Waals surface area (Å²) in [5.74, 6) is 1.44. The fraction of sp³-hybridized carbons (Fsp3) is 0.278. The highest BCUT2D eigenvalue weighted by molar-refractivity contribution is 5.71. The first-order valence-corrected chi connectivity index (χ1v) is 7.42. The highest BCUT2D eigenvalue weighted by atomic mass is 16.7. The Bertz CT molecular complexity index is 624. The summed E-state index contributed by atoms with van der Waals surface area (Å²) < 4.78 is 16.4. The molecule has 0 aliphatic carbocycles. The van der Waals surface area contributed by atoms with E-state index in [1.54, 1.807) is 0 Å². The molecule has 1 heterocycles. The van der Waals surface area contributed by atoms with E-state index in [0.29, 0.717) is 19.4 Å². The lowest BCUT2D eigenvalue weighted by atomic mass is 10.1. The quantitative estimate of drug-likeness (QED) is 0.763. The van der Waals surface area contributed by atoms with Crippen LogP contribution in [-0.4, -0.2) is 18.9 Å². The number of rotatable bonds is 6. The fourth-order valence-electron chi connectivity index (χ4n) is 2.31. The van der Waals surface area contributed by atoms with Crippen molar-refractivity contribution < 1.29 is 19.0 Å². The third kappa shape index (κ3) is 4.09. The van der Waals surface area contributed by atoms with Gasteiger partial charge >= 0.3 is 5.97 Å². The summed E-state index contributed by atoms with van der Waals surface area (Å²) in [5, 5.41) is 0. The number of hydrogen-bond donors (Lipinski definition) is 0. The van der Waals surface area contributed by atoms with Crippen molar-refractivity contribution in [1.29, 1.82) is 0 Å². The minimum atomic E-state index is -0.378. The van der Waals surface area contributed by atoms with Crippen LogP contribution in [-0.2, 0) is 20.7 Å². The molecule has 0 aromatic heterocycles. The predicted octanol–water partition coefficient (Wildman–Crippen LogP) is 3.70. The summed E-state index contributed by atoms with van der Waals surface area (Å²) in [6.07, 6.45) is 1.47. The lowest BCUT2D eigenvalue weighted by Crippen LogP contribution is -2.13. The van der Waals surface area contributed by atoms with Gasteiger partial charge < -0.3 is 14.2 Å². The van der Waals surface area contributed by atoms with Crippen LogP contribution in [0.2, 0.25) is 0 Å². The first-order chi connectivity index (χ1) is 10.8. The molecular weight excluding hydrogens is 280 g/mol. The highest BCUT2D eigenvalue weighted by Gasteiger charge is 2.23. The molecule has 4 nitrogen and oxygen atoms in total. The number of carbonyl (C=O) groups excluding carboxylic acids is 1. The molecule has 1 atom stereocenters. The molecule has 3 rings (SSSR count). The van der Waals surface area contributed by atoms with E-state index < -0.39 is 0 Å². The van der Waals surface area contributed by atoms with E-state index in [1.807, 2.05) is 54.6 Å². The van der Waals surface area contributed by atoms with Crippen LogP contribution >= 0.6 is 0 Å². The SMILES string of the molecule is O=C1CCC(OCCc2cccc(Oc3ccccc3)c2)O1. The smallest absolute Gasteiger partial charge is 0.308 e. The number of para-hydroxylation sites is 1. The minimum Gasteiger partial charge on any atom is -0.457 e. The van der Waals surface area contributed by atoms with Crippen molar-refractivity contribution in [2.24, 2.45) is 0 Å². The predicted molar refractivity (Wildman–Crippen MR) is 81.7 cm³/mol. The Morgan fingerprint density at radius 2 is 1.86 bits per heavy atom. The van der Waals surface area contributed by atoms with Gasteiger partial charge in [-0.2, -0.15) is 0 Å². The van der Waals surface area contributed by atoms with E-state index in [2.05, 4.69) is 0 Å². The van der Waals surface area contributed by atoms with Gasteiger partial charge in [0.05, 0.1) is 13.0 Å². The fourth-order valence-corrected chi connectivity index (χ4v) is 2.31. The Hall–Kier alpha value is -2.33. The Balaban J connectivity index is 1.51. The molecule has 0 spiro atoms. The molecule has 1 fully saturated rings. The molecule has 0 N–H and O–H groups in total. The van der Waals surface area contributed by atoms with Crippen LogP contribution in [0.1, 0.15) is 18.4 Å². The minimum absolute atomic E-state index is 0.178. The maximum atomic E-state index is 11.0.